The number of hydrogen-bond acceptors (Lipinski definition) is 2. The average Bonchev–Trinajstić information content (AvgIpc) is 2.99. The Morgan fingerprint density at radius 1 is 0.938 bits per heavy atom. The van der Waals surface area contributed by atoms with Crippen molar-refractivity contribution in [3.63, 3.8) is 0 Å². The fourth-order valence-electron chi connectivity index (χ4n) is 3.76. The number of fused-ring (bicyclic) bond motifs is 1. The van der Waals surface area contributed by atoms with Gasteiger partial charge >= 0.3 is 5.97 Å². The van der Waals surface area contributed by atoms with Crippen LogP contribution in [0.3, 0.4) is 0 Å². The van der Waals surface area contributed by atoms with Crippen LogP contribution in [0.2, 0.25) is 0 Å². The molecule has 0 atom stereocenters. The summed E-state index contributed by atoms with van der Waals surface area (Å²) < 4.78 is 45.9. The number of ether oxygens (including phenoxy) is 1. The standard InChI is InChI=1S/C26H19F3O3/c1-15-21(20-8-6-18(27)11-23(20)22(15)13-26(30)31)10-16-2-4-17(5-3-16)14-32-25-9-7-19(28)12-24(25)29/h2-12H,13-14H2,1H3,(H,30,31)/b21-10-. The molecule has 0 heterocycles. The average molecular weight is 436 g/mol. The van der Waals surface area contributed by atoms with E-state index in [9.17, 15) is 23.1 Å². The molecule has 0 aromatic heterocycles. The number of aliphatic carboxylic acids is 1. The molecule has 0 saturated heterocycles. The van der Waals surface area contributed by atoms with Gasteiger partial charge in [0.1, 0.15) is 18.2 Å². The molecule has 0 amide bonds. The van der Waals surface area contributed by atoms with Gasteiger partial charge in [0.15, 0.2) is 11.6 Å². The van der Waals surface area contributed by atoms with E-state index in [1.165, 1.54) is 18.2 Å². The second kappa shape index (κ2) is 8.75. The molecule has 162 valence electrons. The molecule has 0 fully saturated rings. The van der Waals surface area contributed by atoms with Gasteiger partial charge in [-0.1, -0.05) is 30.3 Å². The summed E-state index contributed by atoms with van der Waals surface area (Å²) >= 11 is 0. The lowest BCUT2D eigenvalue weighted by atomic mass is 10.00. The maximum Gasteiger partial charge on any atom is 0.307 e. The number of benzene rings is 3. The smallest absolute Gasteiger partial charge is 0.307 e. The predicted molar refractivity (Wildman–Crippen MR) is 116 cm³/mol. The first-order valence-electron chi connectivity index (χ1n) is 9.92. The maximum atomic E-state index is 13.8. The summed E-state index contributed by atoms with van der Waals surface area (Å²) in [5, 5.41) is 9.26. The van der Waals surface area contributed by atoms with Gasteiger partial charge in [-0.05, 0) is 76.2 Å². The lowest BCUT2D eigenvalue weighted by Gasteiger charge is -2.08. The molecular weight excluding hydrogens is 417 g/mol. The van der Waals surface area contributed by atoms with Crippen molar-refractivity contribution >= 4 is 23.2 Å². The first kappa shape index (κ1) is 21.4. The van der Waals surface area contributed by atoms with Crippen molar-refractivity contribution in [3.05, 3.63) is 106 Å². The summed E-state index contributed by atoms with van der Waals surface area (Å²) in [4.78, 5) is 11.3. The third-order valence-electron chi connectivity index (χ3n) is 5.36. The molecule has 3 nitrogen and oxygen atoms in total. The van der Waals surface area contributed by atoms with Crippen molar-refractivity contribution < 1.29 is 27.8 Å². The number of carboxylic acid groups (broad SMARTS) is 1. The quantitative estimate of drug-likeness (QED) is 0.481. The van der Waals surface area contributed by atoms with E-state index in [2.05, 4.69) is 0 Å². The normalized spacial score (nSPS) is 14.1. The molecule has 0 aliphatic heterocycles. The summed E-state index contributed by atoms with van der Waals surface area (Å²) in [6, 6.07) is 14.9. The Hall–Kier alpha value is -3.80. The number of hydrogen-bond donors (Lipinski definition) is 1. The van der Waals surface area contributed by atoms with Crippen molar-refractivity contribution in [1.29, 1.82) is 0 Å². The lowest BCUT2D eigenvalue weighted by Crippen LogP contribution is -1.97. The molecule has 0 radical (unpaired) electrons. The second-order valence-corrected chi connectivity index (χ2v) is 7.53. The highest BCUT2D eigenvalue weighted by atomic mass is 19.1. The zero-order valence-electron chi connectivity index (χ0n) is 17.2. The van der Waals surface area contributed by atoms with Crippen molar-refractivity contribution in [1.82, 2.24) is 0 Å². The van der Waals surface area contributed by atoms with Gasteiger partial charge in [-0.25, -0.2) is 13.2 Å². The van der Waals surface area contributed by atoms with E-state index < -0.39 is 23.4 Å². The van der Waals surface area contributed by atoms with Gasteiger partial charge < -0.3 is 9.84 Å². The molecule has 1 N–H and O–H groups in total. The van der Waals surface area contributed by atoms with Gasteiger partial charge in [0, 0.05) is 6.07 Å². The van der Waals surface area contributed by atoms with E-state index in [0.717, 1.165) is 40.0 Å². The Balaban J connectivity index is 1.57. The fourth-order valence-corrected chi connectivity index (χ4v) is 3.76. The molecule has 32 heavy (non-hydrogen) atoms. The van der Waals surface area contributed by atoms with E-state index in [0.29, 0.717) is 11.1 Å². The van der Waals surface area contributed by atoms with E-state index in [-0.39, 0.29) is 18.8 Å². The predicted octanol–water partition coefficient (Wildman–Crippen LogP) is 6.49. The minimum absolute atomic E-state index is 0.0286. The molecule has 0 spiro atoms. The van der Waals surface area contributed by atoms with Crippen molar-refractivity contribution in [2.45, 2.75) is 20.0 Å². The van der Waals surface area contributed by atoms with E-state index in [4.69, 9.17) is 4.74 Å². The zero-order valence-corrected chi connectivity index (χ0v) is 17.2. The van der Waals surface area contributed by atoms with Crippen LogP contribution in [0.5, 0.6) is 5.75 Å². The van der Waals surface area contributed by atoms with E-state index in [1.54, 1.807) is 6.07 Å². The van der Waals surface area contributed by atoms with Crippen LogP contribution < -0.4 is 4.74 Å². The van der Waals surface area contributed by atoms with Gasteiger partial charge in [-0.2, -0.15) is 0 Å². The zero-order chi connectivity index (χ0) is 22.8. The Labute approximate surface area is 183 Å². The molecule has 0 unspecified atom stereocenters. The summed E-state index contributed by atoms with van der Waals surface area (Å²) in [7, 11) is 0. The highest BCUT2D eigenvalue weighted by Crippen LogP contribution is 2.43. The van der Waals surface area contributed by atoms with Crippen LogP contribution in [0, 0.1) is 17.5 Å². The van der Waals surface area contributed by atoms with Crippen LogP contribution in [0.25, 0.3) is 17.2 Å². The van der Waals surface area contributed by atoms with Crippen molar-refractivity contribution in [3.8, 4) is 5.75 Å². The second-order valence-electron chi connectivity index (χ2n) is 7.53. The summed E-state index contributed by atoms with van der Waals surface area (Å²) in [5.41, 5.74) is 5.29. The SMILES string of the molecule is CC1=C(CC(=O)O)c2cc(F)ccc2/C1=C\c1ccc(COc2ccc(F)cc2F)cc1. The summed E-state index contributed by atoms with van der Waals surface area (Å²) in [6.45, 7) is 1.95. The van der Waals surface area contributed by atoms with Crippen molar-refractivity contribution in [2.75, 3.05) is 0 Å². The Morgan fingerprint density at radius 2 is 1.62 bits per heavy atom. The Bertz CT molecular complexity index is 1260. The fraction of sp³-hybridized carbons (Fsp3) is 0.115. The third kappa shape index (κ3) is 4.44. The topological polar surface area (TPSA) is 46.5 Å². The van der Waals surface area contributed by atoms with Crippen LogP contribution in [0.4, 0.5) is 13.2 Å². The van der Waals surface area contributed by atoms with Gasteiger partial charge in [-0.3, -0.25) is 4.79 Å². The Morgan fingerprint density at radius 3 is 2.31 bits per heavy atom. The van der Waals surface area contributed by atoms with E-state index >= 15 is 0 Å². The first-order valence-corrected chi connectivity index (χ1v) is 9.92. The van der Waals surface area contributed by atoms with Gasteiger partial charge in [0.25, 0.3) is 0 Å². The van der Waals surface area contributed by atoms with Gasteiger partial charge in [-0.15, -0.1) is 0 Å². The van der Waals surface area contributed by atoms with Gasteiger partial charge in [0.2, 0.25) is 0 Å². The Kier molecular flexibility index (Phi) is 5.86. The van der Waals surface area contributed by atoms with Gasteiger partial charge in [0.05, 0.1) is 6.42 Å². The monoisotopic (exact) mass is 436 g/mol. The van der Waals surface area contributed by atoms with E-state index in [1.807, 2.05) is 37.3 Å². The number of allylic oxidation sites excluding steroid dienone is 2. The molecule has 3 aromatic carbocycles. The van der Waals surface area contributed by atoms with Crippen LogP contribution in [0.1, 0.15) is 35.6 Å². The minimum atomic E-state index is -0.974. The molecule has 0 bridgehead atoms. The highest BCUT2D eigenvalue weighted by molar-refractivity contribution is 6.07. The number of carboxylic acids is 1. The number of halogens is 3. The molecule has 6 heteroatoms. The van der Waals surface area contributed by atoms with Crippen LogP contribution in [0.15, 0.2) is 66.2 Å². The minimum Gasteiger partial charge on any atom is -0.486 e. The summed E-state index contributed by atoms with van der Waals surface area (Å²) in [6.07, 6.45) is 1.74. The van der Waals surface area contributed by atoms with Crippen LogP contribution in [-0.2, 0) is 11.4 Å². The number of carbonyl (C=O) groups is 1. The summed E-state index contributed by atoms with van der Waals surface area (Å²) in [5.74, 6) is -2.85. The third-order valence-corrected chi connectivity index (χ3v) is 5.36. The van der Waals surface area contributed by atoms with Crippen LogP contribution in [-0.4, -0.2) is 11.1 Å². The molecule has 1 aliphatic rings. The molecule has 0 saturated carbocycles. The maximum absolute atomic E-state index is 13.8. The largest absolute Gasteiger partial charge is 0.486 e. The van der Waals surface area contributed by atoms with Crippen molar-refractivity contribution in [2.24, 2.45) is 0 Å². The highest BCUT2D eigenvalue weighted by Gasteiger charge is 2.25. The molecule has 3 aromatic rings. The van der Waals surface area contributed by atoms with Crippen LogP contribution >= 0.6 is 0 Å². The lowest BCUT2D eigenvalue weighted by molar-refractivity contribution is -0.135. The molecule has 1 aliphatic carbocycles. The number of rotatable bonds is 6. The molecular formula is C26H19F3O3. The first-order chi connectivity index (χ1) is 15.3. The molecule has 4 rings (SSSR count).